The fourth-order valence-electron chi connectivity index (χ4n) is 3.17. The predicted molar refractivity (Wildman–Crippen MR) is 91.3 cm³/mol. The van der Waals surface area contributed by atoms with E-state index >= 15 is 0 Å². The van der Waals surface area contributed by atoms with Gasteiger partial charge in [0.25, 0.3) is 5.91 Å². The molecule has 7 nitrogen and oxygen atoms in total. The highest BCUT2D eigenvalue weighted by atomic mass is 35.5. The molecule has 4 rings (SSSR count). The van der Waals surface area contributed by atoms with Gasteiger partial charge in [0.05, 0.1) is 10.6 Å². The number of nitrogens with zero attached hydrogens (tertiary/aromatic N) is 5. The summed E-state index contributed by atoms with van der Waals surface area (Å²) in [4.78, 5) is 14.3. The summed E-state index contributed by atoms with van der Waals surface area (Å²) in [5.41, 5.74) is -0.283. The molecule has 1 atom stereocenters. The van der Waals surface area contributed by atoms with Crippen molar-refractivity contribution >= 4 is 17.5 Å². The van der Waals surface area contributed by atoms with Crippen LogP contribution in [-0.4, -0.2) is 36.8 Å². The number of carbonyl (C=O) groups is 1. The van der Waals surface area contributed by atoms with Gasteiger partial charge in [-0.25, -0.2) is 0 Å². The van der Waals surface area contributed by atoms with E-state index < -0.39 is 22.7 Å². The van der Waals surface area contributed by atoms with Crippen molar-refractivity contribution in [1.82, 2.24) is 24.8 Å². The number of alkyl halides is 3. The number of carbonyl (C=O) groups excluding carboxylic acids is 1. The summed E-state index contributed by atoms with van der Waals surface area (Å²) < 4.78 is 45.7. The molecule has 11 heteroatoms. The van der Waals surface area contributed by atoms with E-state index in [1.165, 1.54) is 23.3 Å². The Bertz CT molecular complexity index is 1030. The van der Waals surface area contributed by atoms with Gasteiger partial charge in [-0.05, 0) is 18.6 Å². The first kappa shape index (κ1) is 18.5. The van der Waals surface area contributed by atoms with Gasteiger partial charge in [-0.1, -0.05) is 28.9 Å². The van der Waals surface area contributed by atoms with Gasteiger partial charge in [-0.3, -0.25) is 9.36 Å². The smallest absolute Gasteiger partial charge is 0.364 e. The van der Waals surface area contributed by atoms with Crippen LogP contribution in [0.15, 0.2) is 35.1 Å². The van der Waals surface area contributed by atoms with Gasteiger partial charge in [-0.15, -0.1) is 10.2 Å². The maximum atomic E-state index is 13.1. The van der Waals surface area contributed by atoms with Crippen molar-refractivity contribution in [2.24, 2.45) is 0 Å². The van der Waals surface area contributed by atoms with Crippen LogP contribution in [-0.2, 0) is 19.3 Å². The van der Waals surface area contributed by atoms with Gasteiger partial charge in [0.15, 0.2) is 11.5 Å². The molecule has 0 spiro atoms. The van der Waals surface area contributed by atoms with Crippen LogP contribution in [0.3, 0.4) is 0 Å². The maximum Gasteiger partial charge on any atom is 0.417 e. The molecule has 28 heavy (non-hydrogen) atoms. The summed E-state index contributed by atoms with van der Waals surface area (Å²) in [5, 5.41) is 11.3. The van der Waals surface area contributed by atoms with Crippen LogP contribution in [0.5, 0.6) is 0 Å². The average Bonchev–Trinajstić information content (AvgIpc) is 3.28. The second kappa shape index (κ2) is 6.62. The van der Waals surface area contributed by atoms with Gasteiger partial charge in [0.2, 0.25) is 5.82 Å². The van der Waals surface area contributed by atoms with E-state index in [-0.39, 0.29) is 24.0 Å². The second-order valence-electron chi connectivity index (χ2n) is 6.40. The average molecular weight is 412 g/mol. The van der Waals surface area contributed by atoms with Crippen LogP contribution in [0, 0.1) is 0 Å². The van der Waals surface area contributed by atoms with Crippen LogP contribution in [0.4, 0.5) is 13.2 Å². The molecular weight excluding hydrogens is 399 g/mol. The third kappa shape index (κ3) is 3.03. The number of rotatable bonds is 3. The van der Waals surface area contributed by atoms with Gasteiger partial charge < -0.3 is 9.42 Å². The zero-order chi connectivity index (χ0) is 20.1. The van der Waals surface area contributed by atoms with Crippen LogP contribution in [0.2, 0.25) is 5.02 Å². The minimum absolute atomic E-state index is 0.0745. The lowest BCUT2D eigenvalue weighted by Gasteiger charge is -2.34. The molecule has 3 aromatic rings. The molecule has 0 aliphatic carbocycles. The number of hydrogen-bond acceptors (Lipinski definition) is 5. The number of amides is 1. The zero-order valence-electron chi connectivity index (χ0n) is 14.4. The predicted octanol–water partition coefficient (Wildman–Crippen LogP) is 3.65. The second-order valence-corrected chi connectivity index (χ2v) is 6.78. The molecule has 1 amide bonds. The van der Waals surface area contributed by atoms with Crippen LogP contribution < -0.4 is 0 Å². The first-order valence-corrected chi connectivity index (χ1v) is 8.64. The molecule has 1 aliphatic heterocycles. The number of fused-ring (bicyclic) bond motifs is 1. The molecule has 3 heterocycles. The van der Waals surface area contributed by atoms with Crippen molar-refractivity contribution < 1.29 is 22.5 Å². The van der Waals surface area contributed by atoms with E-state index in [4.69, 9.17) is 16.1 Å². The highest BCUT2D eigenvalue weighted by Crippen LogP contribution is 2.37. The van der Waals surface area contributed by atoms with Crippen molar-refractivity contribution in [3.05, 3.63) is 52.5 Å². The molecule has 0 N–H and O–H groups in total. The lowest BCUT2D eigenvalue weighted by atomic mass is 10.1. The lowest BCUT2D eigenvalue weighted by molar-refractivity contribution is -0.137. The summed E-state index contributed by atoms with van der Waals surface area (Å²) in [5.74, 6) is 0.0226. The van der Waals surface area contributed by atoms with E-state index in [1.54, 1.807) is 17.6 Å². The summed E-state index contributed by atoms with van der Waals surface area (Å²) in [6.07, 6.45) is -3.19. The van der Waals surface area contributed by atoms with Crippen LogP contribution in [0.1, 0.15) is 28.7 Å². The first-order chi connectivity index (χ1) is 13.3. The Morgan fingerprint density at radius 3 is 2.68 bits per heavy atom. The van der Waals surface area contributed by atoms with Crippen molar-refractivity contribution in [2.45, 2.75) is 32.2 Å². The minimum atomic E-state index is -4.57. The topological polar surface area (TPSA) is 77.0 Å². The molecule has 146 valence electrons. The molecule has 0 radical (unpaired) electrons. The quantitative estimate of drug-likeness (QED) is 0.657. The fourth-order valence-corrected chi connectivity index (χ4v) is 3.47. The minimum Gasteiger partial charge on any atom is -0.364 e. The van der Waals surface area contributed by atoms with Gasteiger partial charge in [0, 0.05) is 25.2 Å². The summed E-state index contributed by atoms with van der Waals surface area (Å²) in [6.45, 7) is 2.07. The molecule has 0 bridgehead atoms. The van der Waals surface area contributed by atoms with Crippen molar-refractivity contribution in [2.75, 3.05) is 0 Å². The van der Waals surface area contributed by atoms with Crippen molar-refractivity contribution in [1.29, 1.82) is 0 Å². The van der Waals surface area contributed by atoms with E-state index in [2.05, 4.69) is 15.4 Å². The SMILES string of the molecule is CC1Cn2c(nnc2-c2ccon2)C(=O)N1Cc1cccc(C(F)(F)F)c1Cl. The molecular formula is C17H13ClF3N5O2. The molecule has 2 aromatic heterocycles. The number of halogens is 4. The van der Waals surface area contributed by atoms with Gasteiger partial charge in [-0.2, -0.15) is 13.2 Å². The summed E-state index contributed by atoms with van der Waals surface area (Å²) in [6, 6.07) is 4.92. The molecule has 0 saturated carbocycles. The Kier molecular flexibility index (Phi) is 4.37. The standard InChI is InChI=1S/C17H13ClF3N5O2/c1-9-7-26-14(12-5-6-28-24-12)22-23-15(26)16(27)25(9)8-10-3-2-4-11(13(10)18)17(19,20)21/h2-6,9H,7-8H2,1H3. The Morgan fingerprint density at radius 1 is 1.25 bits per heavy atom. The Labute approximate surface area is 161 Å². The lowest BCUT2D eigenvalue weighted by Crippen LogP contribution is -2.46. The van der Waals surface area contributed by atoms with Crippen LogP contribution >= 0.6 is 11.6 Å². The molecule has 1 aliphatic rings. The van der Waals surface area contributed by atoms with E-state index in [0.29, 0.717) is 18.1 Å². The largest absolute Gasteiger partial charge is 0.417 e. The Hall–Kier alpha value is -2.88. The van der Waals surface area contributed by atoms with Crippen LogP contribution in [0.25, 0.3) is 11.5 Å². The van der Waals surface area contributed by atoms with Crippen molar-refractivity contribution in [3.8, 4) is 11.5 Å². The number of aromatic nitrogens is 4. The Balaban J connectivity index is 1.66. The summed E-state index contributed by atoms with van der Waals surface area (Å²) in [7, 11) is 0. The highest BCUT2D eigenvalue weighted by Gasteiger charge is 2.37. The molecule has 1 unspecified atom stereocenters. The maximum absolute atomic E-state index is 13.1. The monoisotopic (exact) mass is 411 g/mol. The molecule has 0 saturated heterocycles. The van der Waals surface area contributed by atoms with E-state index in [0.717, 1.165) is 6.07 Å². The third-order valence-corrected chi connectivity index (χ3v) is 5.02. The van der Waals surface area contributed by atoms with E-state index in [9.17, 15) is 18.0 Å². The Morgan fingerprint density at radius 2 is 2.00 bits per heavy atom. The highest BCUT2D eigenvalue weighted by molar-refractivity contribution is 6.32. The van der Waals surface area contributed by atoms with Gasteiger partial charge in [0.1, 0.15) is 6.26 Å². The number of hydrogen-bond donors (Lipinski definition) is 0. The summed E-state index contributed by atoms with van der Waals surface area (Å²) >= 11 is 5.97. The fraction of sp³-hybridized carbons (Fsp3) is 0.294. The number of benzene rings is 1. The third-order valence-electron chi connectivity index (χ3n) is 4.57. The normalized spacial score (nSPS) is 17.1. The molecule has 1 aromatic carbocycles. The first-order valence-electron chi connectivity index (χ1n) is 8.27. The van der Waals surface area contributed by atoms with Crippen molar-refractivity contribution in [3.63, 3.8) is 0 Å². The molecule has 0 fully saturated rings. The van der Waals surface area contributed by atoms with E-state index in [1.807, 2.05) is 0 Å². The zero-order valence-corrected chi connectivity index (χ0v) is 15.2. The van der Waals surface area contributed by atoms with Gasteiger partial charge >= 0.3 is 6.18 Å².